The average molecular weight is 482 g/mol. The Morgan fingerprint density at radius 3 is 2.40 bits per heavy atom. The van der Waals surface area contributed by atoms with Crippen molar-refractivity contribution >= 4 is 48.3 Å². The number of anilines is 1. The van der Waals surface area contributed by atoms with Gasteiger partial charge in [-0.2, -0.15) is 0 Å². The van der Waals surface area contributed by atoms with E-state index in [2.05, 4.69) is 31.2 Å². The van der Waals surface area contributed by atoms with Crippen LogP contribution in [-0.4, -0.2) is 30.5 Å². The molecule has 0 bridgehead atoms. The van der Waals surface area contributed by atoms with Crippen molar-refractivity contribution < 1.29 is 13.2 Å². The maximum absolute atomic E-state index is 13.1. The number of nitrogens with zero attached hydrogens (tertiary/aromatic N) is 2. The second kappa shape index (κ2) is 7.97. The Kier molecular flexibility index (Phi) is 5.36. The van der Waals surface area contributed by atoms with Crippen LogP contribution in [0.15, 0.2) is 82.4 Å². The zero-order valence-electron chi connectivity index (χ0n) is 15.8. The molecule has 150 valence electrons. The number of para-hydroxylation sites is 1. The van der Waals surface area contributed by atoms with Crippen LogP contribution in [0.1, 0.15) is 10.4 Å². The minimum Gasteiger partial charge on any atom is -0.321 e. The van der Waals surface area contributed by atoms with Gasteiger partial charge in [0, 0.05) is 21.7 Å². The Bertz CT molecular complexity index is 1350. The van der Waals surface area contributed by atoms with Crippen molar-refractivity contribution in [3.8, 4) is 11.3 Å². The molecule has 2 aromatic carbocycles. The largest absolute Gasteiger partial charge is 0.321 e. The van der Waals surface area contributed by atoms with E-state index in [0.29, 0.717) is 22.5 Å². The van der Waals surface area contributed by atoms with Crippen LogP contribution in [0.5, 0.6) is 0 Å². The van der Waals surface area contributed by atoms with Crippen LogP contribution in [0.4, 0.5) is 5.69 Å². The third-order valence-electron chi connectivity index (χ3n) is 4.47. The Morgan fingerprint density at radius 2 is 1.73 bits per heavy atom. The lowest BCUT2D eigenvalue weighted by Gasteiger charge is -2.11. The summed E-state index contributed by atoms with van der Waals surface area (Å²) in [6.45, 7) is 0. The molecule has 0 aliphatic heterocycles. The van der Waals surface area contributed by atoms with Gasteiger partial charge in [-0.25, -0.2) is 18.4 Å². The van der Waals surface area contributed by atoms with E-state index < -0.39 is 9.84 Å². The van der Waals surface area contributed by atoms with Crippen LogP contribution < -0.4 is 5.32 Å². The van der Waals surface area contributed by atoms with Gasteiger partial charge in [0.2, 0.25) is 0 Å². The molecule has 4 aromatic rings. The van der Waals surface area contributed by atoms with Crippen molar-refractivity contribution in [2.24, 2.45) is 0 Å². The number of rotatable bonds is 4. The molecule has 0 atom stereocenters. The quantitative estimate of drug-likeness (QED) is 0.455. The van der Waals surface area contributed by atoms with Gasteiger partial charge in [0.05, 0.1) is 28.7 Å². The fourth-order valence-corrected chi connectivity index (χ4v) is 3.83. The molecule has 30 heavy (non-hydrogen) atoms. The lowest BCUT2D eigenvalue weighted by Crippen LogP contribution is -2.13. The summed E-state index contributed by atoms with van der Waals surface area (Å²) >= 11 is 3.42. The molecule has 6 nitrogen and oxygen atoms in total. The summed E-state index contributed by atoms with van der Waals surface area (Å²) in [5.41, 5.74) is 3.13. The van der Waals surface area contributed by atoms with E-state index in [1.54, 1.807) is 6.07 Å². The SMILES string of the molecule is CS(=O)(=O)c1ccc(NC(=O)c2cc(-c3ccc(Br)cc3)nc3ccccc23)cn1. The third kappa shape index (κ3) is 4.24. The van der Waals surface area contributed by atoms with Gasteiger partial charge < -0.3 is 5.32 Å². The Balaban J connectivity index is 1.73. The summed E-state index contributed by atoms with van der Waals surface area (Å²) in [5.74, 6) is -0.333. The first-order valence-corrected chi connectivity index (χ1v) is 11.6. The minimum absolute atomic E-state index is 0.0487. The van der Waals surface area contributed by atoms with Crippen molar-refractivity contribution in [2.45, 2.75) is 5.03 Å². The summed E-state index contributed by atoms with van der Waals surface area (Å²) in [6, 6.07) is 19.7. The highest BCUT2D eigenvalue weighted by atomic mass is 79.9. The zero-order chi connectivity index (χ0) is 21.3. The fourth-order valence-electron chi connectivity index (χ4n) is 3.00. The van der Waals surface area contributed by atoms with Crippen molar-refractivity contribution in [1.82, 2.24) is 9.97 Å². The van der Waals surface area contributed by atoms with Crippen LogP contribution in [-0.2, 0) is 9.84 Å². The van der Waals surface area contributed by atoms with E-state index in [0.717, 1.165) is 21.7 Å². The van der Waals surface area contributed by atoms with E-state index in [-0.39, 0.29) is 10.9 Å². The first kappa shape index (κ1) is 20.2. The summed E-state index contributed by atoms with van der Waals surface area (Å²) in [5, 5.41) is 3.46. The number of benzene rings is 2. The molecule has 4 rings (SSSR count). The lowest BCUT2D eigenvalue weighted by atomic mass is 10.0. The van der Waals surface area contributed by atoms with E-state index >= 15 is 0 Å². The first-order chi connectivity index (χ1) is 14.3. The predicted octanol–water partition coefficient (Wildman–Crippen LogP) is 4.72. The number of aromatic nitrogens is 2. The Morgan fingerprint density at radius 1 is 1.00 bits per heavy atom. The number of carbonyl (C=O) groups is 1. The van der Waals surface area contributed by atoms with Crippen LogP contribution in [0, 0.1) is 0 Å². The highest BCUT2D eigenvalue weighted by Gasteiger charge is 2.15. The second-order valence-electron chi connectivity index (χ2n) is 6.69. The van der Waals surface area contributed by atoms with Crippen LogP contribution in [0.25, 0.3) is 22.2 Å². The number of carbonyl (C=O) groups excluding carboxylic acids is 1. The fraction of sp³-hybridized carbons (Fsp3) is 0.0455. The minimum atomic E-state index is -3.40. The van der Waals surface area contributed by atoms with E-state index in [1.165, 1.54) is 18.3 Å². The van der Waals surface area contributed by atoms with Crippen molar-refractivity contribution in [1.29, 1.82) is 0 Å². The smallest absolute Gasteiger partial charge is 0.256 e. The molecule has 0 spiro atoms. The molecule has 1 N–H and O–H groups in total. The highest BCUT2D eigenvalue weighted by Crippen LogP contribution is 2.26. The topological polar surface area (TPSA) is 89.0 Å². The highest BCUT2D eigenvalue weighted by molar-refractivity contribution is 9.10. The van der Waals surface area contributed by atoms with Crippen LogP contribution in [0.3, 0.4) is 0 Å². The monoisotopic (exact) mass is 481 g/mol. The van der Waals surface area contributed by atoms with Crippen molar-refractivity contribution in [2.75, 3.05) is 11.6 Å². The summed E-state index contributed by atoms with van der Waals surface area (Å²) in [7, 11) is -3.40. The van der Waals surface area contributed by atoms with Gasteiger partial charge in [0.15, 0.2) is 14.9 Å². The maximum atomic E-state index is 13.1. The van der Waals surface area contributed by atoms with Crippen molar-refractivity contribution in [3.05, 3.63) is 83.0 Å². The van der Waals surface area contributed by atoms with Gasteiger partial charge in [-0.1, -0.05) is 46.3 Å². The number of sulfone groups is 1. The molecule has 0 radical (unpaired) electrons. The van der Waals surface area contributed by atoms with E-state index in [1.807, 2.05) is 48.5 Å². The molecule has 1 amide bonds. The Labute approximate surface area is 182 Å². The summed E-state index contributed by atoms with van der Waals surface area (Å²) < 4.78 is 24.1. The number of hydrogen-bond donors (Lipinski definition) is 1. The van der Waals surface area contributed by atoms with Gasteiger partial charge in [0.25, 0.3) is 5.91 Å². The van der Waals surface area contributed by atoms with E-state index in [4.69, 9.17) is 0 Å². The summed E-state index contributed by atoms with van der Waals surface area (Å²) in [4.78, 5) is 21.7. The number of amides is 1. The molecule has 0 fully saturated rings. The molecule has 8 heteroatoms. The molecule has 0 aliphatic carbocycles. The number of hydrogen-bond acceptors (Lipinski definition) is 5. The van der Waals surface area contributed by atoms with E-state index in [9.17, 15) is 13.2 Å². The molecule has 0 saturated carbocycles. The first-order valence-electron chi connectivity index (χ1n) is 8.94. The standard InChI is InChI=1S/C22H16BrN3O3S/c1-30(28,29)21-11-10-16(13-24-21)25-22(27)18-12-20(14-6-8-15(23)9-7-14)26-19-5-3-2-4-17(18)19/h2-13H,1H3,(H,25,27). The van der Waals surface area contributed by atoms with Gasteiger partial charge in [-0.05, 0) is 36.4 Å². The molecule has 0 aliphatic rings. The number of fused-ring (bicyclic) bond motifs is 1. The van der Waals surface area contributed by atoms with Gasteiger partial charge in [0.1, 0.15) is 0 Å². The molecular weight excluding hydrogens is 466 g/mol. The van der Waals surface area contributed by atoms with Gasteiger partial charge in [-0.3, -0.25) is 4.79 Å². The number of halogens is 1. The van der Waals surface area contributed by atoms with Crippen LogP contribution >= 0.6 is 15.9 Å². The number of pyridine rings is 2. The second-order valence-corrected chi connectivity index (χ2v) is 9.57. The average Bonchev–Trinajstić information content (AvgIpc) is 2.73. The molecule has 2 aromatic heterocycles. The maximum Gasteiger partial charge on any atom is 0.256 e. The van der Waals surface area contributed by atoms with Crippen LogP contribution in [0.2, 0.25) is 0 Å². The normalized spacial score (nSPS) is 11.4. The Hall–Kier alpha value is -3.10. The lowest BCUT2D eigenvalue weighted by molar-refractivity contribution is 0.102. The molecule has 0 saturated heterocycles. The molecular formula is C22H16BrN3O3S. The zero-order valence-corrected chi connectivity index (χ0v) is 18.2. The van der Waals surface area contributed by atoms with Gasteiger partial charge >= 0.3 is 0 Å². The van der Waals surface area contributed by atoms with Crippen molar-refractivity contribution in [3.63, 3.8) is 0 Å². The molecule has 2 heterocycles. The predicted molar refractivity (Wildman–Crippen MR) is 120 cm³/mol. The molecule has 0 unspecified atom stereocenters. The summed E-state index contributed by atoms with van der Waals surface area (Å²) in [6.07, 6.45) is 2.41. The third-order valence-corrected chi connectivity index (χ3v) is 6.00. The number of nitrogens with one attached hydrogen (secondary N) is 1. The van der Waals surface area contributed by atoms with Gasteiger partial charge in [-0.15, -0.1) is 0 Å².